The Labute approximate surface area is 381 Å². The van der Waals surface area contributed by atoms with Gasteiger partial charge < -0.3 is 38.6 Å². The lowest BCUT2D eigenvalue weighted by atomic mass is 9.80. The van der Waals surface area contributed by atoms with Gasteiger partial charge in [0.25, 0.3) is 14.1 Å². The van der Waals surface area contributed by atoms with Crippen LogP contribution in [-0.4, -0.2) is 97.0 Å². The summed E-state index contributed by atoms with van der Waals surface area (Å²) in [4.78, 5) is 52.4. The van der Waals surface area contributed by atoms with E-state index in [1.54, 1.807) is 19.5 Å². The first kappa shape index (κ1) is 51.1. The summed E-state index contributed by atoms with van der Waals surface area (Å²) < 4.78 is 78.8. The molecule has 0 spiro atoms. The van der Waals surface area contributed by atoms with Crippen LogP contribution in [0.2, 0.25) is 0 Å². The summed E-state index contributed by atoms with van der Waals surface area (Å²) in [7, 11) is 1.32. The van der Waals surface area contributed by atoms with Gasteiger partial charge in [0.1, 0.15) is 29.4 Å². The summed E-state index contributed by atoms with van der Waals surface area (Å²) in [6.07, 6.45) is -4.33. The number of methoxy groups -OCH3 is 2. The number of nitriles is 1. The normalized spacial score (nSPS) is 17.0. The molecule has 3 aromatic carbocycles. The molecule has 1 aliphatic heterocycles. The van der Waals surface area contributed by atoms with Gasteiger partial charge in [0, 0.05) is 43.9 Å². The first-order valence-electron chi connectivity index (χ1n) is 21.1. The molecular weight excluding hydrogens is 885 g/mol. The molecule has 1 unspecified atom stereocenters. The largest absolute Gasteiger partial charge is 0.497 e. The maximum Gasteiger partial charge on any atom is 0.471 e. The smallest absolute Gasteiger partial charge is 0.471 e. The molecule has 66 heavy (non-hydrogen) atoms. The average molecular weight is 939 g/mol. The number of carbonyl (C=O) groups excluding carboxylic acids is 2. The zero-order chi connectivity index (χ0) is 48.0. The molecule has 0 aliphatic carbocycles. The van der Waals surface area contributed by atoms with Crippen molar-refractivity contribution in [3.8, 4) is 17.6 Å². The number of hydrogen-bond acceptors (Lipinski definition) is 12. The standard InChI is InChI=1S/C46H54F3N6O10P/c1-30(2)55(31(3)4)66(63-26-10-23-50)65-38-27-41(54-28-32(42(57)53-44(54)59)13-22-40(56)51-24-25-52-43(58)46(47,48)49)64-39(38)29-62-45(33-11-8-7-9-12-33,34-14-18-36(60-5)19-15-34)35-16-20-37(61-6)21-17-35/h7-9,11-22,28,30-31,38-39,41H,10,24-27,29H2,1-6H3,(H,51,56)(H,52,58)(H,53,57,59)/b22-13+/t38-,39+,41+,66?/m1/s1. The molecule has 0 radical (unpaired) electrons. The van der Waals surface area contributed by atoms with Gasteiger partial charge in [-0.15, -0.1) is 0 Å². The number of H-pyrrole nitrogens is 1. The fraction of sp³-hybridized carbons (Fsp3) is 0.413. The van der Waals surface area contributed by atoms with Crippen molar-refractivity contribution in [2.75, 3.05) is 40.5 Å². The van der Waals surface area contributed by atoms with Crippen LogP contribution in [0.3, 0.4) is 0 Å². The van der Waals surface area contributed by atoms with Crippen LogP contribution < -0.4 is 31.4 Å². The second-order valence-electron chi connectivity index (χ2n) is 15.5. The number of ether oxygens (including phenoxy) is 4. The number of benzene rings is 3. The number of rotatable bonds is 22. The van der Waals surface area contributed by atoms with Crippen LogP contribution in [0.5, 0.6) is 11.5 Å². The molecule has 4 atom stereocenters. The van der Waals surface area contributed by atoms with E-state index in [4.69, 9.17) is 28.0 Å². The Balaban J connectivity index is 1.54. The lowest BCUT2D eigenvalue weighted by Gasteiger charge is -2.39. The van der Waals surface area contributed by atoms with Crippen molar-refractivity contribution in [1.82, 2.24) is 24.9 Å². The predicted octanol–water partition coefficient (Wildman–Crippen LogP) is 6.32. The number of alkyl halides is 3. The third-order valence-electron chi connectivity index (χ3n) is 10.4. The lowest BCUT2D eigenvalue weighted by Crippen LogP contribution is -2.40. The molecule has 0 saturated carbocycles. The molecule has 0 bridgehead atoms. The maximum absolute atomic E-state index is 13.5. The van der Waals surface area contributed by atoms with E-state index < -0.39 is 68.3 Å². The number of nitrogens with one attached hydrogen (secondary N) is 3. The first-order chi connectivity index (χ1) is 31.5. The molecule has 354 valence electrons. The fourth-order valence-corrected chi connectivity index (χ4v) is 9.10. The van der Waals surface area contributed by atoms with E-state index in [0.717, 1.165) is 28.8 Å². The van der Waals surface area contributed by atoms with Crippen molar-refractivity contribution in [2.24, 2.45) is 0 Å². The third kappa shape index (κ3) is 12.9. The SMILES string of the molecule is COc1ccc(C(OC[C@@H]2O[C@H](n3cc(/C=C/C(=O)NCCNC(=O)C(F)(F)F)c(=O)[nH]c3=O)C[C@H]2OP(OCCC#N)N(C(C)C)C(C)C)(c2ccccc2)c2ccc(OC)cc2)cc1. The Kier molecular flexibility index (Phi) is 18.2. The number of aromatic amines is 1. The molecule has 1 fully saturated rings. The molecule has 2 heterocycles. The number of hydrogen-bond donors (Lipinski definition) is 3. The first-order valence-corrected chi connectivity index (χ1v) is 22.2. The van der Waals surface area contributed by atoms with Crippen LogP contribution in [0.1, 0.15) is 69.0 Å². The third-order valence-corrected chi connectivity index (χ3v) is 12.5. The van der Waals surface area contributed by atoms with Crippen molar-refractivity contribution >= 4 is 26.4 Å². The van der Waals surface area contributed by atoms with Crippen molar-refractivity contribution in [3.05, 3.63) is 134 Å². The van der Waals surface area contributed by atoms with Gasteiger partial charge >= 0.3 is 17.8 Å². The molecule has 5 rings (SSSR count). The molecule has 1 aromatic heterocycles. The Bertz CT molecular complexity index is 2350. The van der Waals surface area contributed by atoms with Crippen molar-refractivity contribution in [3.63, 3.8) is 0 Å². The highest BCUT2D eigenvalue weighted by atomic mass is 31.2. The van der Waals surface area contributed by atoms with Gasteiger partial charge in [-0.3, -0.25) is 23.9 Å². The van der Waals surface area contributed by atoms with Gasteiger partial charge in [0.2, 0.25) is 5.91 Å². The Morgan fingerprint density at radius 1 is 0.924 bits per heavy atom. The van der Waals surface area contributed by atoms with Gasteiger partial charge in [-0.2, -0.15) is 18.4 Å². The van der Waals surface area contributed by atoms with Gasteiger partial charge in [-0.1, -0.05) is 54.6 Å². The Hall–Kier alpha value is -5.87. The second-order valence-corrected chi connectivity index (χ2v) is 16.9. The fourth-order valence-electron chi connectivity index (χ4n) is 7.34. The van der Waals surface area contributed by atoms with Crippen LogP contribution in [0, 0.1) is 11.3 Å². The van der Waals surface area contributed by atoms with Crippen LogP contribution in [0.4, 0.5) is 13.2 Å². The molecule has 1 saturated heterocycles. The number of aromatic nitrogens is 2. The maximum atomic E-state index is 13.5. The number of nitrogens with zero attached hydrogens (tertiary/aromatic N) is 3. The van der Waals surface area contributed by atoms with E-state index in [0.29, 0.717) is 11.5 Å². The molecule has 3 N–H and O–H groups in total. The van der Waals surface area contributed by atoms with Crippen LogP contribution in [-0.2, 0) is 33.7 Å². The number of amides is 2. The molecule has 16 nitrogen and oxygen atoms in total. The minimum atomic E-state index is -5.07. The van der Waals surface area contributed by atoms with Gasteiger partial charge in [-0.25, -0.2) is 9.46 Å². The van der Waals surface area contributed by atoms with Crippen LogP contribution >= 0.6 is 8.53 Å². The van der Waals surface area contributed by atoms with Crippen LogP contribution in [0.25, 0.3) is 6.08 Å². The summed E-state index contributed by atoms with van der Waals surface area (Å²) >= 11 is 0. The van der Waals surface area contributed by atoms with E-state index in [2.05, 4.69) is 21.0 Å². The second kappa shape index (κ2) is 23.5. The van der Waals surface area contributed by atoms with Crippen LogP contribution in [0.15, 0.2) is 101 Å². The summed E-state index contributed by atoms with van der Waals surface area (Å²) in [6.45, 7) is 7.14. The summed E-state index contributed by atoms with van der Waals surface area (Å²) in [6, 6.07) is 26.6. The summed E-state index contributed by atoms with van der Waals surface area (Å²) in [5.74, 6) is -1.67. The summed E-state index contributed by atoms with van der Waals surface area (Å²) in [5, 5.41) is 13.3. The Morgan fingerprint density at radius 2 is 1.50 bits per heavy atom. The highest BCUT2D eigenvalue weighted by Gasteiger charge is 2.45. The average Bonchev–Trinajstić information content (AvgIpc) is 3.69. The lowest BCUT2D eigenvalue weighted by molar-refractivity contribution is -0.173. The predicted molar refractivity (Wildman–Crippen MR) is 239 cm³/mol. The van der Waals surface area contributed by atoms with E-state index in [1.165, 1.54) is 10.8 Å². The summed E-state index contributed by atoms with van der Waals surface area (Å²) in [5.41, 5.74) is -0.741. The molecule has 1 aliphatic rings. The minimum absolute atomic E-state index is 0.0473. The quantitative estimate of drug-likeness (QED) is 0.0344. The van der Waals surface area contributed by atoms with E-state index in [1.807, 2.05) is 107 Å². The van der Waals surface area contributed by atoms with Gasteiger partial charge in [-0.05, 0) is 74.7 Å². The molecule has 20 heteroatoms. The zero-order valence-electron chi connectivity index (χ0n) is 37.4. The Morgan fingerprint density at radius 3 is 2.05 bits per heavy atom. The zero-order valence-corrected chi connectivity index (χ0v) is 38.3. The van der Waals surface area contributed by atoms with Gasteiger partial charge in [0.15, 0.2) is 0 Å². The minimum Gasteiger partial charge on any atom is -0.497 e. The van der Waals surface area contributed by atoms with E-state index in [-0.39, 0.29) is 50.2 Å². The molecular formula is C46H54F3N6O10P. The highest BCUT2D eigenvalue weighted by Crippen LogP contribution is 2.50. The van der Waals surface area contributed by atoms with Crippen molar-refractivity contribution < 1.29 is 50.8 Å². The van der Waals surface area contributed by atoms with Crippen molar-refractivity contribution in [2.45, 2.75) is 82.8 Å². The number of halogens is 3. The van der Waals surface area contributed by atoms with Gasteiger partial charge in [0.05, 0.1) is 51.6 Å². The van der Waals surface area contributed by atoms with E-state index in [9.17, 15) is 37.6 Å². The monoisotopic (exact) mass is 938 g/mol. The number of carbonyl (C=O) groups is 2. The molecule has 2 amide bonds. The topological polar surface area (TPSA) is 195 Å². The highest BCUT2D eigenvalue weighted by molar-refractivity contribution is 7.44. The van der Waals surface area contributed by atoms with Crippen molar-refractivity contribution in [1.29, 1.82) is 5.26 Å². The molecule has 4 aromatic rings. The van der Waals surface area contributed by atoms with E-state index >= 15 is 0 Å².